The molecule has 1 aliphatic heterocycles. The van der Waals surface area contributed by atoms with E-state index >= 15 is 0 Å². The van der Waals surface area contributed by atoms with E-state index in [1.807, 2.05) is 0 Å². The van der Waals surface area contributed by atoms with Crippen molar-refractivity contribution in [3.05, 3.63) is 17.5 Å². The number of aliphatic hydroxyl groups is 1. The first-order valence-corrected chi connectivity index (χ1v) is 5.56. The van der Waals surface area contributed by atoms with Gasteiger partial charge < -0.3 is 19.7 Å². The molecule has 2 heterocycles. The van der Waals surface area contributed by atoms with Crippen molar-refractivity contribution in [3.8, 4) is 0 Å². The van der Waals surface area contributed by atoms with Crippen molar-refractivity contribution in [3.63, 3.8) is 0 Å². The van der Waals surface area contributed by atoms with Crippen molar-refractivity contribution in [2.45, 2.75) is 32.0 Å². The molecule has 2 rings (SSSR count). The Kier molecular flexibility index (Phi) is 3.17. The average Bonchev–Trinajstić information content (AvgIpc) is 2.84. The number of hydrogen-bond donors (Lipinski definition) is 2. The molecule has 1 aromatic rings. The van der Waals surface area contributed by atoms with Crippen molar-refractivity contribution < 1.29 is 19.2 Å². The number of nitrogens with one attached hydrogen (secondary N) is 1. The smallest absolute Gasteiger partial charge is 0.256 e. The van der Waals surface area contributed by atoms with E-state index < -0.39 is 5.60 Å². The summed E-state index contributed by atoms with van der Waals surface area (Å²) in [4.78, 5) is 11.8. The van der Waals surface area contributed by atoms with Crippen molar-refractivity contribution in [2.75, 3.05) is 13.2 Å². The SMILES string of the molecule is Cc1oncc1C(=O)NCC1(O)CCOC1C. The molecule has 1 amide bonds. The number of rotatable bonds is 3. The van der Waals surface area contributed by atoms with Gasteiger partial charge in [-0.05, 0) is 13.8 Å². The van der Waals surface area contributed by atoms with Crippen LogP contribution in [0.5, 0.6) is 0 Å². The standard InChI is InChI=1S/C11H16N2O4/c1-7-9(5-13-17-7)10(14)12-6-11(15)3-4-16-8(11)2/h5,8,15H,3-4,6H2,1-2H3,(H,12,14). The molecule has 94 valence electrons. The molecule has 0 bridgehead atoms. The molecule has 2 atom stereocenters. The lowest BCUT2D eigenvalue weighted by molar-refractivity contribution is -0.0251. The maximum absolute atomic E-state index is 11.8. The highest BCUT2D eigenvalue weighted by atomic mass is 16.5. The summed E-state index contributed by atoms with van der Waals surface area (Å²) in [7, 11) is 0. The van der Waals surface area contributed by atoms with Crippen LogP contribution in [0.15, 0.2) is 10.7 Å². The van der Waals surface area contributed by atoms with E-state index in [2.05, 4.69) is 10.5 Å². The molecule has 2 N–H and O–H groups in total. The summed E-state index contributed by atoms with van der Waals surface area (Å²) in [5, 5.41) is 16.4. The fourth-order valence-electron chi connectivity index (χ4n) is 1.85. The molecule has 2 unspecified atom stereocenters. The van der Waals surface area contributed by atoms with Gasteiger partial charge in [0.2, 0.25) is 0 Å². The molecule has 6 nitrogen and oxygen atoms in total. The lowest BCUT2D eigenvalue weighted by atomic mass is 9.96. The molecule has 0 saturated carbocycles. The zero-order valence-electron chi connectivity index (χ0n) is 9.90. The highest BCUT2D eigenvalue weighted by Gasteiger charge is 2.39. The topological polar surface area (TPSA) is 84.6 Å². The van der Waals surface area contributed by atoms with Crippen LogP contribution >= 0.6 is 0 Å². The van der Waals surface area contributed by atoms with Crippen LogP contribution in [-0.4, -0.2) is 41.0 Å². The second-order valence-corrected chi connectivity index (χ2v) is 4.34. The van der Waals surface area contributed by atoms with E-state index in [1.54, 1.807) is 13.8 Å². The Morgan fingerprint density at radius 2 is 2.53 bits per heavy atom. The molecule has 1 fully saturated rings. The van der Waals surface area contributed by atoms with E-state index in [0.29, 0.717) is 24.4 Å². The monoisotopic (exact) mass is 240 g/mol. The number of aryl methyl sites for hydroxylation is 1. The third-order valence-corrected chi connectivity index (χ3v) is 3.21. The minimum absolute atomic E-state index is 0.164. The Labute approximate surface area is 98.9 Å². The molecule has 0 aliphatic carbocycles. The number of hydrogen-bond acceptors (Lipinski definition) is 5. The summed E-state index contributed by atoms with van der Waals surface area (Å²) in [5.41, 5.74) is -0.596. The summed E-state index contributed by atoms with van der Waals surface area (Å²) in [6, 6.07) is 0. The Balaban J connectivity index is 1.95. The predicted molar refractivity (Wildman–Crippen MR) is 58.6 cm³/mol. The summed E-state index contributed by atoms with van der Waals surface area (Å²) in [5.74, 6) is 0.168. The summed E-state index contributed by atoms with van der Waals surface area (Å²) < 4.78 is 10.1. The number of amides is 1. The van der Waals surface area contributed by atoms with E-state index in [4.69, 9.17) is 9.26 Å². The molecule has 6 heteroatoms. The van der Waals surface area contributed by atoms with E-state index in [-0.39, 0.29) is 18.6 Å². The lowest BCUT2D eigenvalue weighted by Gasteiger charge is -2.25. The van der Waals surface area contributed by atoms with Gasteiger partial charge in [0.05, 0.1) is 12.3 Å². The fraction of sp³-hybridized carbons (Fsp3) is 0.636. The zero-order chi connectivity index (χ0) is 12.5. The van der Waals surface area contributed by atoms with Crippen LogP contribution in [0.1, 0.15) is 29.5 Å². The summed E-state index contributed by atoms with van der Waals surface area (Å²) in [6.07, 6.45) is 1.62. The number of aromatic nitrogens is 1. The van der Waals surface area contributed by atoms with Gasteiger partial charge in [-0.2, -0.15) is 0 Å². The maximum atomic E-state index is 11.8. The van der Waals surface area contributed by atoms with E-state index in [1.165, 1.54) is 6.20 Å². The number of nitrogens with zero attached hydrogens (tertiary/aromatic N) is 1. The zero-order valence-corrected chi connectivity index (χ0v) is 9.90. The molecular formula is C11H16N2O4. The van der Waals surface area contributed by atoms with Crippen molar-refractivity contribution in [1.29, 1.82) is 0 Å². The Bertz CT molecular complexity index is 417. The molecule has 1 aliphatic rings. The fourth-order valence-corrected chi connectivity index (χ4v) is 1.85. The van der Waals surface area contributed by atoms with Gasteiger partial charge in [0.1, 0.15) is 16.9 Å². The quantitative estimate of drug-likeness (QED) is 0.791. The molecular weight excluding hydrogens is 224 g/mol. The molecule has 1 aromatic heterocycles. The normalized spacial score (nSPS) is 28.3. The van der Waals surface area contributed by atoms with Crippen molar-refractivity contribution in [2.24, 2.45) is 0 Å². The van der Waals surface area contributed by atoms with Crippen LogP contribution in [0, 0.1) is 6.92 Å². The highest BCUT2D eigenvalue weighted by molar-refractivity contribution is 5.94. The molecule has 1 saturated heterocycles. The first-order valence-electron chi connectivity index (χ1n) is 5.56. The highest BCUT2D eigenvalue weighted by Crippen LogP contribution is 2.24. The minimum Gasteiger partial charge on any atom is -0.385 e. The third kappa shape index (κ3) is 2.32. The molecule has 0 spiro atoms. The molecule has 0 radical (unpaired) electrons. The van der Waals surface area contributed by atoms with Crippen LogP contribution in [-0.2, 0) is 4.74 Å². The predicted octanol–water partition coefficient (Wildman–Crippen LogP) is 0.253. The van der Waals surface area contributed by atoms with Crippen LogP contribution < -0.4 is 5.32 Å². The van der Waals surface area contributed by atoms with Crippen LogP contribution in [0.2, 0.25) is 0 Å². The van der Waals surface area contributed by atoms with Crippen molar-refractivity contribution in [1.82, 2.24) is 10.5 Å². The van der Waals surface area contributed by atoms with Crippen LogP contribution in [0.25, 0.3) is 0 Å². The Hall–Kier alpha value is -1.40. The van der Waals surface area contributed by atoms with Gasteiger partial charge in [0.15, 0.2) is 0 Å². The van der Waals surface area contributed by atoms with Gasteiger partial charge in [0.25, 0.3) is 5.91 Å². The second kappa shape index (κ2) is 4.46. The van der Waals surface area contributed by atoms with E-state index in [0.717, 1.165) is 0 Å². The lowest BCUT2D eigenvalue weighted by Crippen LogP contribution is -2.47. The van der Waals surface area contributed by atoms with Gasteiger partial charge in [-0.1, -0.05) is 5.16 Å². The van der Waals surface area contributed by atoms with Gasteiger partial charge in [-0.3, -0.25) is 4.79 Å². The van der Waals surface area contributed by atoms with Gasteiger partial charge in [0, 0.05) is 19.6 Å². The van der Waals surface area contributed by atoms with Gasteiger partial charge in [-0.15, -0.1) is 0 Å². The van der Waals surface area contributed by atoms with Gasteiger partial charge >= 0.3 is 0 Å². The average molecular weight is 240 g/mol. The van der Waals surface area contributed by atoms with Crippen LogP contribution in [0.3, 0.4) is 0 Å². The summed E-state index contributed by atoms with van der Waals surface area (Å²) >= 11 is 0. The van der Waals surface area contributed by atoms with E-state index in [9.17, 15) is 9.90 Å². The Morgan fingerprint density at radius 3 is 3.06 bits per heavy atom. The molecule has 17 heavy (non-hydrogen) atoms. The Morgan fingerprint density at radius 1 is 1.76 bits per heavy atom. The number of carbonyl (C=O) groups excluding carboxylic acids is 1. The van der Waals surface area contributed by atoms with Gasteiger partial charge in [-0.25, -0.2) is 0 Å². The first-order chi connectivity index (χ1) is 8.03. The second-order valence-electron chi connectivity index (χ2n) is 4.34. The minimum atomic E-state index is -0.985. The molecule has 0 aromatic carbocycles. The number of carbonyl (C=O) groups is 1. The largest absolute Gasteiger partial charge is 0.385 e. The summed E-state index contributed by atoms with van der Waals surface area (Å²) in [6.45, 7) is 4.14. The third-order valence-electron chi connectivity index (χ3n) is 3.21. The van der Waals surface area contributed by atoms with Crippen molar-refractivity contribution >= 4 is 5.91 Å². The first kappa shape index (κ1) is 12.1. The van der Waals surface area contributed by atoms with Crippen LogP contribution in [0.4, 0.5) is 0 Å². The number of ether oxygens (including phenoxy) is 1. The maximum Gasteiger partial charge on any atom is 0.256 e.